The molecule has 10 heteroatoms. The van der Waals surface area contributed by atoms with Gasteiger partial charge in [-0.05, 0) is 49.2 Å². The molecular formula is C21H19F3N6O. The largest absolute Gasteiger partial charge is 0.416 e. The molecule has 160 valence electrons. The summed E-state index contributed by atoms with van der Waals surface area (Å²) in [5.74, 6) is -0.0711. The maximum absolute atomic E-state index is 13.1. The molecule has 0 saturated carbocycles. The zero-order valence-electron chi connectivity index (χ0n) is 16.7. The van der Waals surface area contributed by atoms with Crippen LogP contribution in [0.15, 0.2) is 42.6 Å². The minimum absolute atomic E-state index is 0.0781. The van der Waals surface area contributed by atoms with E-state index in [2.05, 4.69) is 20.6 Å². The Kier molecular flexibility index (Phi) is 4.92. The van der Waals surface area contributed by atoms with E-state index in [0.29, 0.717) is 11.5 Å². The summed E-state index contributed by atoms with van der Waals surface area (Å²) >= 11 is 0. The third-order valence-corrected chi connectivity index (χ3v) is 4.98. The van der Waals surface area contributed by atoms with Crippen molar-refractivity contribution in [2.24, 2.45) is 0 Å². The number of hydrogen-bond acceptors (Lipinski definition) is 4. The highest BCUT2D eigenvalue weighted by atomic mass is 19.4. The first-order valence-electron chi connectivity index (χ1n) is 9.37. The third kappa shape index (κ3) is 4.09. The summed E-state index contributed by atoms with van der Waals surface area (Å²) in [5, 5.41) is 14.5. The summed E-state index contributed by atoms with van der Waals surface area (Å²) in [6.45, 7) is 3.04. The van der Waals surface area contributed by atoms with Crippen LogP contribution in [0, 0.1) is 13.8 Å². The van der Waals surface area contributed by atoms with E-state index in [4.69, 9.17) is 5.73 Å². The Morgan fingerprint density at radius 2 is 1.97 bits per heavy atom. The molecule has 0 saturated heterocycles. The van der Waals surface area contributed by atoms with E-state index in [9.17, 15) is 18.0 Å². The molecule has 0 unspecified atom stereocenters. The van der Waals surface area contributed by atoms with Gasteiger partial charge < -0.3 is 11.1 Å². The normalized spacial score (nSPS) is 11.8. The summed E-state index contributed by atoms with van der Waals surface area (Å²) in [6, 6.07) is 9.31. The highest BCUT2D eigenvalue weighted by Crippen LogP contribution is 2.33. The van der Waals surface area contributed by atoms with Crippen LogP contribution in [0.1, 0.15) is 16.8 Å². The van der Waals surface area contributed by atoms with Gasteiger partial charge in [0.25, 0.3) is 0 Å². The summed E-state index contributed by atoms with van der Waals surface area (Å²) in [4.78, 5) is 12.4. The number of carbonyl (C=O) groups is 1. The molecule has 31 heavy (non-hydrogen) atoms. The van der Waals surface area contributed by atoms with Gasteiger partial charge in [0.15, 0.2) is 5.82 Å². The minimum atomic E-state index is -4.49. The molecule has 0 atom stereocenters. The molecule has 4 aromatic rings. The maximum Gasteiger partial charge on any atom is 0.416 e. The molecule has 0 spiro atoms. The SMILES string of the molecule is Cc1ccc(NC(=O)Cn2cc(-c3ccc4c(N)n[nH]c4c3)c(C)n2)cc1C(F)(F)F. The number of nitrogens with two attached hydrogens (primary N) is 1. The molecule has 0 aliphatic carbocycles. The molecule has 0 radical (unpaired) electrons. The Morgan fingerprint density at radius 1 is 1.19 bits per heavy atom. The number of nitrogens with zero attached hydrogens (tertiary/aromatic N) is 3. The number of amides is 1. The second kappa shape index (κ2) is 7.46. The summed E-state index contributed by atoms with van der Waals surface area (Å²) in [5.41, 5.74) is 8.35. The number of alkyl halides is 3. The van der Waals surface area contributed by atoms with Gasteiger partial charge in [-0.15, -0.1) is 0 Å². The predicted molar refractivity (Wildman–Crippen MR) is 111 cm³/mol. The lowest BCUT2D eigenvalue weighted by atomic mass is 10.1. The van der Waals surface area contributed by atoms with Crippen LogP contribution in [0.5, 0.6) is 0 Å². The van der Waals surface area contributed by atoms with Crippen molar-refractivity contribution in [3.63, 3.8) is 0 Å². The molecule has 0 bridgehead atoms. The molecule has 0 aliphatic rings. The summed E-state index contributed by atoms with van der Waals surface area (Å²) in [7, 11) is 0. The lowest BCUT2D eigenvalue weighted by molar-refractivity contribution is -0.138. The lowest BCUT2D eigenvalue weighted by Gasteiger charge is -2.12. The van der Waals surface area contributed by atoms with E-state index in [-0.39, 0.29) is 17.8 Å². The van der Waals surface area contributed by atoms with Crippen molar-refractivity contribution in [2.45, 2.75) is 26.6 Å². The number of nitrogens with one attached hydrogen (secondary N) is 2. The van der Waals surface area contributed by atoms with Crippen LogP contribution < -0.4 is 11.1 Å². The van der Waals surface area contributed by atoms with E-state index in [1.807, 2.05) is 25.1 Å². The maximum atomic E-state index is 13.1. The number of benzene rings is 2. The number of hydrogen-bond donors (Lipinski definition) is 3. The number of fused-ring (bicyclic) bond motifs is 1. The number of halogens is 3. The van der Waals surface area contributed by atoms with Crippen molar-refractivity contribution >= 4 is 28.3 Å². The number of aromatic amines is 1. The molecule has 7 nitrogen and oxygen atoms in total. The van der Waals surface area contributed by atoms with Crippen molar-refractivity contribution in [3.05, 3.63) is 59.4 Å². The van der Waals surface area contributed by atoms with E-state index < -0.39 is 17.6 Å². The van der Waals surface area contributed by atoms with Gasteiger partial charge in [0.2, 0.25) is 5.91 Å². The van der Waals surface area contributed by atoms with Gasteiger partial charge in [-0.2, -0.15) is 23.4 Å². The van der Waals surface area contributed by atoms with Gasteiger partial charge in [0, 0.05) is 22.8 Å². The molecule has 2 heterocycles. The number of nitrogen functional groups attached to an aromatic ring is 1. The first-order valence-corrected chi connectivity index (χ1v) is 9.37. The van der Waals surface area contributed by atoms with Crippen LogP contribution in [0.4, 0.5) is 24.7 Å². The number of anilines is 2. The Bertz CT molecular complexity index is 1290. The fourth-order valence-corrected chi connectivity index (χ4v) is 3.44. The Hall–Kier alpha value is -3.82. The highest BCUT2D eigenvalue weighted by Gasteiger charge is 2.32. The smallest absolute Gasteiger partial charge is 0.382 e. The van der Waals surface area contributed by atoms with E-state index in [1.54, 1.807) is 6.20 Å². The van der Waals surface area contributed by atoms with Gasteiger partial charge in [0.1, 0.15) is 6.54 Å². The fourth-order valence-electron chi connectivity index (χ4n) is 3.44. The highest BCUT2D eigenvalue weighted by molar-refractivity contribution is 5.92. The fraction of sp³-hybridized carbons (Fsp3) is 0.190. The van der Waals surface area contributed by atoms with E-state index in [0.717, 1.165) is 28.1 Å². The minimum Gasteiger partial charge on any atom is -0.382 e. The predicted octanol–water partition coefficient (Wildman–Crippen LogP) is 4.28. The van der Waals surface area contributed by atoms with E-state index in [1.165, 1.54) is 23.7 Å². The van der Waals surface area contributed by atoms with Crippen molar-refractivity contribution in [1.29, 1.82) is 0 Å². The van der Waals surface area contributed by atoms with Crippen LogP contribution in [-0.2, 0) is 17.5 Å². The molecule has 0 aliphatic heterocycles. The quantitative estimate of drug-likeness (QED) is 0.451. The molecule has 4 N–H and O–H groups in total. The third-order valence-electron chi connectivity index (χ3n) is 4.98. The van der Waals surface area contributed by atoms with Crippen molar-refractivity contribution in [3.8, 4) is 11.1 Å². The first kappa shape index (κ1) is 20.5. The first-order chi connectivity index (χ1) is 14.6. The molecule has 2 aromatic heterocycles. The molecular weight excluding hydrogens is 409 g/mol. The Labute approximate surface area is 175 Å². The number of aromatic nitrogens is 4. The molecule has 1 amide bonds. The second-order valence-corrected chi connectivity index (χ2v) is 7.27. The van der Waals surface area contributed by atoms with Gasteiger partial charge in [0.05, 0.1) is 16.8 Å². The number of H-pyrrole nitrogens is 1. The van der Waals surface area contributed by atoms with Gasteiger partial charge >= 0.3 is 6.18 Å². The second-order valence-electron chi connectivity index (χ2n) is 7.27. The van der Waals surface area contributed by atoms with E-state index >= 15 is 0 Å². The standard InChI is InChI=1S/C21H19F3N6O/c1-11-3-5-14(8-17(11)21(22,23)24)26-19(31)10-30-9-16(12(2)29-30)13-4-6-15-18(7-13)27-28-20(15)25/h3-9H,10H2,1-2H3,(H,26,31)(H3,25,27,28). The average molecular weight is 428 g/mol. The van der Waals surface area contributed by atoms with Gasteiger partial charge in [-0.3, -0.25) is 14.6 Å². The monoisotopic (exact) mass is 428 g/mol. The number of rotatable bonds is 4. The average Bonchev–Trinajstić information content (AvgIpc) is 3.24. The van der Waals surface area contributed by atoms with Crippen molar-refractivity contribution < 1.29 is 18.0 Å². The van der Waals surface area contributed by atoms with Crippen LogP contribution in [-0.4, -0.2) is 25.9 Å². The van der Waals surface area contributed by atoms with Crippen LogP contribution in [0.25, 0.3) is 22.0 Å². The Balaban J connectivity index is 1.52. The summed E-state index contributed by atoms with van der Waals surface area (Å²) < 4.78 is 40.7. The van der Waals surface area contributed by atoms with Gasteiger partial charge in [-0.1, -0.05) is 12.1 Å². The topological polar surface area (TPSA) is 102 Å². The lowest BCUT2D eigenvalue weighted by Crippen LogP contribution is -2.19. The zero-order chi connectivity index (χ0) is 22.3. The molecule has 4 rings (SSSR count). The van der Waals surface area contributed by atoms with Gasteiger partial charge in [-0.25, -0.2) is 0 Å². The van der Waals surface area contributed by atoms with Crippen molar-refractivity contribution in [2.75, 3.05) is 11.1 Å². The molecule has 2 aromatic carbocycles. The van der Waals surface area contributed by atoms with Crippen LogP contribution >= 0.6 is 0 Å². The Morgan fingerprint density at radius 3 is 2.71 bits per heavy atom. The van der Waals surface area contributed by atoms with Crippen molar-refractivity contribution in [1.82, 2.24) is 20.0 Å². The van der Waals surface area contributed by atoms with Crippen LogP contribution in [0.2, 0.25) is 0 Å². The number of carbonyl (C=O) groups excluding carboxylic acids is 1. The number of aryl methyl sites for hydroxylation is 2. The van der Waals surface area contributed by atoms with Crippen LogP contribution in [0.3, 0.4) is 0 Å². The molecule has 0 fully saturated rings. The summed E-state index contributed by atoms with van der Waals surface area (Å²) in [6.07, 6.45) is -2.77. The zero-order valence-corrected chi connectivity index (χ0v) is 16.7.